The third-order valence-electron chi connectivity index (χ3n) is 5.42. The molecule has 1 aromatic heterocycles. The lowest BCUT2D eigenvalue weighted by molar-refractivity contribution is -0.120. The highest BCUT2D eigenvalue weighted by atomic mass is 32.1. The first-order valence-corrected chi connectivity index (χ1v) is 11.1. The van der Waals surface area contributed by atoms with Gasteiger partial charge in [0, 0.05) is 17.2 Å². The summed E-state index contributed by atoms with van der Waals surface area (Å²) in [5.41, 5.74) is 2.21. The maximum atomic E-state index is 12.5. The summed E-state index contributed by atoms with van der Waals surface area (Å²) in [6.07, 6.45) is 5.29. The van der Waals surface area contributed by atoms with Crippen LogP contribution in [0.5, 0.6) is 0 Å². The number of methoxy groups -OCH3 is 1. The van der Waals surface area contributed by atoms with Crippen LogP contribution >= 0.6 is 11.3 Å². The van der Waals surface area contributed by atoms with E-state index in [1.54, 1.807) is 30.3 Å². The molecule has 160 valence electrons. The van der Waals surface area contributed by atoms with Gasteiger partial charge in [-0.3, -0.25) is 9.59 Å². The molecule has 4 rings (SSSR count). The van der Waals surface area contributed by atoms with E-state index in [0.29, 0.717) is 21.9 Å². The zero-order chi connectivity index (χ0) is 21.8. The number of ether oxygens (including phenoxy) is 1. The van der Waals surface area contributed by atoms with Crippen molar-refractivity contribution in [3.8, 4) is 0 Å². The summed E-state index contributed by atoms with van der Waals surface area (Å²) in [7, 11) is 1.31. The van der Waals surface area contributed by atoms with Crippen LogP contribution in [-0.4, -0.2) is 29.9 Å². The van der Waals surface area contributed by atoms with Gasteiger partial charge in [-0.1, -0.05) is 30.6 Å². The molecular formula is C23H23N3O4S. The predicted octanol–water partition coefficient (Wildman–Crippen LogP) is 4.85. The molecule has 8 heteroatoms. The van der Waals surface area contributed by atoms with Crippen LogP contribution in [0.3, 0.4) is 0 Å². The largest absolute Gasteiger partial charge is 0.465 e. The van der Waals surface area contributed by atoms with Gasteiger partial charge in [-0.15, -0.1) is 0 Å². The predicted molar refractivity (Wildman–Crippen MR) is 121 cm³/mol. The van der Waals surface area contributed by atoms with Gasteiger partial charge in [0.25, 0.3) is 5.91 Å². The first-order valence-electron chi connectivity index (χ1n) is 10.2. The zero-order valence-corrected chi connectivity index (χ0v) is 18.0. The third-order valence-corrected chi connectivity index (χ3v) is 6.35. The van der Waals surface area contributed by atoms with Crippen LogP contribution in [0, 0.1) is 5.92 Å². The number of amides is 2. The van der Waals surface area contributed by atoms with Crippen LogP contribution in [0.4, 0.5) is 10.8 Å². The number of anilines is 2. The van der Waals surface area contributed by atoms with E-state index in [1.807, 2.05) is 12.1 Å². The van der Waals surface area contributed by atoms with Gasteiger partial charge in [0.1, 0.15) is 0 Å². The minimum atomic E-state index is -0.450. The van der Waals surface area contributed by atoms with E-state index in [-0.39, 0.29) is 17.7 Å². The molecule has 0 spiro atoms. The van der Waals surface area contributed by atoms with Crippen molar-refractivity contribution in [2.75, 3.05) is 17.7 Å². The molecule has 3 aromatic rings. The molecule has 0 radical (unpaired) electrons. The molecule has 0 unspecified atom stereocenters. The van der Waals surface area contributed by atoms with E-state index >= 15 is 0 Å². The Labute approximate surface area is 183 Å². The van der Waals surface area contributed by atoms with Crippen LogP contribution in [0.1, 0.15) is 52.8 Å². The average molecular weight is 438 g/mol. The van der Waals surface area contributed by atoms with Gasteiger partial charge in [-0.25, -0.2) is 9.78 Å². The molecule has 2 amide bonds. The molecule has 1 fully saturated rings. The molecule has 2 N–H and O–H groups in total. The van der Waals surface area contributed by atoms with Crippen molar-refractivity contribution in [2.24, 2.45) is 5.92 Å². The summed E-state index contributed by atoms with van der Waals surface area (Å²) in [5, 5.41) is 6.38. The van der Waals surface area contributed by atoms with E-state index in [0.717, 1.165) is 35.9 Å². The summed E-state index contributed by atoms with van der Waals surface area (Å²) in [4.78, 5) is 41.0. The Hall–Kier alpha value is -3.26. The Morgan fingerprint density at radius 2 is 1.68 bits per heavy atom. The van der Waals surface area contributed by atoms with E-state index in [2.05, 4.69) is 20.4 Å². The first kappa shape index (κ1) is 21.0. The minimum Gasteiger partial charge on any atom is -0.465 e. The molecule has 31 heavy (non-hydrogen) atoms. The van der Waals surface area contributed by atoms with E-state index in [9.17, 15) is 14.4 Å². The number of aromatic nitrogens is 1. The van der Waals surface area contributed by atoms with Crippen LogP contribution in [-0.2, 0) is 9.53 Å². The monoisotopic (exact) mass is 437 g/mol. The van der Waals surface area contributed by atoms with Crippen molar-refractivity contribution in [3.05, 3.63) is 53.6 Å². The minimum absolute atomic E-state index is 0.0442. The second kappa shape index (κ2) is 9.26. The van der Waals surface area contributed by atoms with Crippen molar-refractivity contribution >= 4 is 50.2 Å². The van der Waals surface area contributed by atoms with Crippen molar-refractivity contribution < 1.29 is 19.1 Å². The van der Waals surface area contributed by atoms with Gasteiger partial charge >= 0.3 is 5.97 Å². The maximum Gasteiger partial charge on any atom is 0.337 e. The summed E-state index contributed by atoms with van der Waals surface area (Å²) in [5.74, 6) is -0.621. The second-order valence-corrected chi connectivity index (χ2v) is 8.58. The number of carbonyl (C=O) groups is 3. The second-order valence-electron chi connectivity index (χ2n) is 7.55. The van der Waals surface area contributed by atoms with E-state index in [4.69, 9.17) is 0 Å². The molecule has 1 heterocycles. The Morgan fingerprint density at radius 3 is 2.39 bits per heavy atom. The lowest BCUT2D eigenvalue weighted by Crippen LogP contribution is -2.24. The van der Waals surface area contributed by atoms with Gasteiger partial charge in [0.2, 0.25) is 5.91 Å². The number of fused-ring (bicyclic) bond motifs is 1. The molecule has 2 aromatic carbocycles. The summed E-state index contributed by atoms with van der Waals surface area (Å²) in [6.45, 7) is 0. The first-order chi connectivity index (χ1) is 15.0. The van der Waals surface area contributed by atoms with Gasteiger partial charge in [0.15, 0.2) is 5.13 Å². The fourth-order valence-corrected chi connectivity index (χ4v) is 4.61. The average Bonchev–Trinajstić information content (AvgIpc) is 3.20. The van der Waals surface area contributed by atoms with Crippen molar-refractivity contribution in [1.29, 1.82) is 0 Å². The summed E-state index contributed by atoms with van der Waals surface area (Å²) in [6, 6.07) is 11.7. The SMILES string of the molecule is COC(=O)c1ccc(C(=O)Nc2ccc3nc(NC(=O)C4CCCCC4)sc3c2)cc1. The molecular weight excluding hydrogens is 414 g/mol. The fourth-order valence-electron chi connectivity index (χ4n) is 3.71. The van der Waals surface area contributed by atoms with Gasteiger partial charge in [-0.2, -0.15) is 0 Å². The number of carbonyl (C=O) groups excluding carboxylic acids is 3. The normalized spacial score (nSPS) is 14.2. The smallest absolute Gasteiger partial charge is 0.337 e. The van der Waals surface area contributed by atoms with Gasteiger partial charge < -0.3 is 15.4 Å². The standard InChI is InChI=1S/C23H23N3O4S/c1-30-22(29)16-9-7-15(8-10-16)20(27)24-17-11-12-18-19(13-17)31-23(25-18)26-21(28)14-5-3-2-4-6-14/h7-14H,2-6H2,1H3,(H,24,27)(H,25,26,28). The van der Waals surface area contributed by atoms with Crippen molar-refractivity contribution in [3.63, 3.8) is 0 Å². The van der Waals surface area contributed by atoms with Gasteiger partial charge in [0.05, 0.1) is 22.9 Å². The Kier molecular flexibility index (Phi) is 6.27. The number of rotatable bonds is 5. The third kappa shape index (κ3) is 4.91. The Bertz CT molecular complexity index is 1120. The fraction of sp³-hybridized carbons (Fsp3) is 0.304. The lowest BCUT2D eigenvalue weighted by atomic mass is 9.89. The van der Waals surface area contributed by atoms with Crippen LogP contribution in [0.25, 0.3) is 10.2 Å². The molecule has 0 aliphatic heterocycles. The molecule has 7 nitrogen and oxygen atoms in total. The summed E-state index contributed by atoms with van der Waals surface area (Å²) < 4.78 is 5.54. The number of thiazole rings is 1. The molecule has 0 saturated heterocycles. The van der Waals surface area contributed by atoms with Crippen LogP contribution in [0.2, 0.25) is 0 Å². The van der Waals surface area contributed by atoms with Crippen molar-refractivity contribution in [1.82, 2.24) is 4.98 Å². The molecule has 0 bridgehead atoms. The highest BCUT2D eigenvalue weighted by Gasteiger charge is 2.22. The molecule has 1 aliphatic rings. The number of nitrogens with one attached hydrogen (secondary N) is 2. The molecule has 1 saturated carbocycles. The Balaban J connectivity index is 1.43. The van der Waals surface area contributed by atoms with E-state index in [1.165, 1.54) is 24.9 Å². The zero-order valence-electron chi connectivity index (χ0n) is 17.1. The highest BCUT2D eigenvalue weighted by Crippen LogP contribution is 2.30. The number of nitrogens with zero attached hydrogens (tertiary/aromatic N) is 1. The number of hydrogen-bond acceptors (Lipinski definition) is 6. The van der Waals surface area contributed by atoms with Crippen molar-refractivity contribution in [2.45, 2.75) is 32.1 Å². The summed E-state index contributed by atoms with van der Waals surface area (Å²) >= 11 is 1.39. The van der Waals surface area contributed by atoms with Crippen LogP contribution in [0.15, 0.2) is 42.5 Å². The maximum absolute atomic E-state index is 12.5. The van der Waals surface area contributed by atoms with Crippen LogP contribution < -0.4 is 10.6 Å². The molecule has 1 aliphatic carbocycles. The number of benzene rings is 2. The Morgan fingerprint density at radius 1 is 0.968 bits per heavy atom. The quantitative estimate of drug-likeness (QED) is 0.556. The lowest BCUT2D eigenvalue weighted by Gasteiger charge is -2.19. The highest BCUT2D eigenvalue weighted by molar-refractivity contribution is 7.22. The number of hydrogen-bond donors (Lipinski definition) is 2. The molecule has 0 atom stereocenters. The van der Waals surface area contributed by atoms with E-state index < -0.39 is 5.97 Å². The number of esters is 1. The van der Waals surface area contributed by atoms with Gasteiger partial charge in [-0.05, 0) is 55.3 Å². The topological polar surface area (TPSA) is 97.4 Å².